The monoisotopic (exact) mass is 322 g/mol. The summed E-state index contributed by atoms with van der Waals surface area (Å²) in [5.74, 6) is 1.67. The molecule has 1 saturated heterocycles. The zero-order valence-corrected chi connectivity index (χ0v) is 13.6. The zero-order valence-electron chi connectivity index (χ0n) is 13.6. The SMILES string of the molecule is CC1(C)CCC(c2nc(-c3cnc(-c4ccccc4)nc3)no2)O1. The molecule has 3 heterocycles. The lowest BCUT2D eigenvalue weighted by atomic mass is 10.1. The molecule has 0 bridgehead atoms. The molecule has 24 heavy (non-hydrogen) atoms. The summed E-state index contributed by atoms with van der Waals surface area (Å²) in [6.45, 7) is 4.14. The highest BCUT2D eigenvalue weighted by Gasteiger charge is 2.35. The van der Waals surface area contributed by atoms with Gasteiger partial charge in [0.1, 0.15) is 6.10 Å². The summed E-state index contributed by atoms with van der Waals surface area (Å²) < 4.78 is 11.3. The van der Waals surface area contributed by atoms with Gasteiger partial charge < -0.3 is 9.26 Å². The topological polar surface area (TPSA) is 73.9 Å². The number of rotatable bonds is 3. The van der Waals surface area contributed by atoms with Crippen LogP contribution < -0.4 is 0 Å². The minimum atomic E-state index is -0.139. The number of hydrogen-bond acceptors (Lipinski definition) is 6. The van der Waals surface area contributed by atoms with Crippen molar-refractivity contribution in [3.8, 4) is 22.8 Å². The first-order valence-electron chi connectivity index (χ1n) is 8.00. The lowest BCUT2D eigenvalue weighted by Gasteiger charge is -2.17. The van der Waals surface area contributed by atoms with Crippen LogP contribution in [0.2, 0.25) is 0 Å². The van der Waals surface area contributed by atoms with Crippen LogP contribution in [0.3, 0.4) is 0 Å². The van der Waals surface area contributed by atoms with Crippen LogP contribution in [0.25, 0.3) is 22.8 Å². The molecule has 0 spiro atoms. The van der Waals surface area contributed by atoms with Gasteiger partial charge in [0.2, 0.25) is 5.82 Å². The molecule has 0 N–H and O–H groups in total. The average molecular weight is 322 g/mol. The summed E-state index contributed by atoms with van der Waals surface area (Å²) in [6, 6.07) is 9.83. The Balaban J connectivity index is 1.55. The van der Waals surface area contributed by atoms with E-state index in [0.717, 1.165) is 24.0 Å². The highest BCUT2D eigenvalue weighted by Crippen LogP contribution is 2.38. The second-order valence-electron chi connectivity index (χ2n) is 6.52. The molecule has 1 aliphatic rings. The van der Waals surface area contributed by atoms with Crippen molar-refractivity contribution in [3.63, 3.8) is 0 Å². The minimum absolute atomic E-state index is 0.134. The van der Waals surface area contributed by atoms with Crippen LogP contribution in [0.1, 0.15) is 38.7 Å². The smallest absolute Gasteiger partial charge is 0.256 e. The maximum atomic E-state index is 5.93. The van der Waals surface area contributed by atoms with E-state index in [1.54, 1.807) is 12.4 Å². The number of aromatic nitrogens is 4. The van der Waals surface area contributed by atoms with E-state index in [9.17, 15) is 0 Å². The Bertz CT molecular complexity index is 828. The molecule has 3 aromatic rings. The molecule has 0 saturated carbocycles. The molecule has 1 aliphatic heterocycles. The van der Waals surface area contributed by atoms with Gasteiger partial charge in [-0.15, -0.1) is 0 Å². The second-order valence-corrected chi connectivity index (χ2v) is 6.52. The Morgan fingerprint density at radius 1 is 1.00 bits per heavy atom. The molecule has 1 aromatic carbocycles. The fourth-order valence-electron chi connectivity index (χ4n) is 2.82. The molecule has 1 fully saturated rings. The fraction of sp³-hybridized carbons (Fsp3) is 0.333. The largest absolute Gasteiger partial charge is 0.363 e. The van der Waals surface area contributed by atoms with Crippen molar-refractivity contribution in [1.29, 1.82) is 0 Å². The van der Waals surface area contributed by atoms with Gasteiger partial charge >= 0.3 is 0 Å². The van der Waals surface area contributed by atoms with Crippen molar-refractivity contribution in [2.75, 3.05) is 0 Å². The third-order valence-corrected chi connectivity index (χ3v) is 4.13. The van der Waals surface area contributed by atoms with E-state index in [2.05, 4.69) is 34.0 Å². The highest BCUT2D eigenvalue weighted by atomic mass is 16.5. The maximum absolute atomic E-state index is 5.93. The molecular formula is C18H18N4O2. The Labute approximate surface area is 139 Å². The number of hydrogen-bond donors (Lipinski definition) is 0. The van der Waals surface area contributed by atoms with Crippen molar-refractivity contribution in [2.24, 2.45) is 0 Å². The lowest BCUT2D eigenvalue weighted by Crippen LogP contribution is -2.17. The first-order chi connectivity index (χ1) is 11.6. The van der Waals surface area contributed by atoms with E-state index in [4.69, 9.17) is 9.26 Å². The first kappa shape index (κ1) is 15.0. The Kier molecular flexibility index (Phi) is 3.61. The van der Waals surface area contributed by atoms with Gasteiger partial charge in [-0.2, -0.15) is 4.98 Å². The van der Waals surface area contributed by atoms with Crippen LogP contribution in [0.5, 0.6) is 0 Å². The van der Waals surface area contributed by atoms with Crippen LogP contribution in [0.4, 0.5) is 0 Å². The van der Waals surface area contributed by atoms with Crippen molar-refractivity contribution < 1.29 is 9.26 Å². The van der Waals surface area contributed by atoms with Gasteiger partial charge in [0.15, 0.2) is 5.82 Å². The minimum Gasteiger partial charge on any atom is -0.363 e. The van der Waals surface area contributed by atoms with Crippen molar-refractivity contribution >= 4 is 0 Å². The molecule has 0 aliphatic carbocycles. The molecule has 6 heteroatoms. The average Bonchev–Trinajstić information content (AvgIpc) is 3.22. The van der Waals surface area contributed by atoms with Crippen molar-refractivity contribution in [3.05, 3.63) is 48.6 Å². The summed E-state index contributed by atoms with van der Waals surface area (Å²) in [4.78, 5) is 13.2. The van der Waals surface area contributed by atoms with E-state index >= 15 is 0 Å². The first-order valence-corrected chi connectivity index (χ1v) is 8.00. The third kappa shape index (κ3) is 2.92. The normalized spacial score (nSPS) is 19.5. The van der Waals surface area contributed by atoms with Crippen LogP contribution >= 0.6 is 0 Å². The molecule has 0 amide bonds. The molecule has 1 atom stereocenters. The number of benzene rings is 1. The summed E-state index contributed by atoms with van der Waals surface area (Å²) >= 11 is 0. The third-order valence-electron chi connectivity index (χ3n) is 4.13. The Morgan fingerprint density at radius 3 is 2.42 bits per heavy atom. The molecule has 4 rings (SSSR count). The van der Waals surface area contributed by atoms with E-state index in [-0.39, 0.29) is 11.7 Å². The standard InChI is InChI=1S/C18H18N4O2/c1-18(2)9-8-14(23-18)17-21-16(22-24-17)13-10-19-15(20-11-13)12-6-4-3-5-7-12/h3-7,10-11,14H,8-9H2,1-2H3. The molecule has 122 valence electrons. The van der Waals surface area contributed by atoms with Gasteiger partial charge in [-0.1, -0.05) is 35.5 Å². The van der Waals surface area contributed by atoms with E-state index < -0.39 is 0 Å². The quantitative estimate of drug-likeness (QED) is 0.729. The van der Waals surface area contributed by atoms with E-state index in [1.165, 1.54) is 0 Å². The van der Waals surface area contributed by atoms with Gasteiger partial charge in [-0.3, -0.25) is 0 Å². The van der Waals surface area contributed by atoms with Crippen LogP contribution in [0.15, 0.2) is 47.2 Å². The van der Waals surface area contributed by atoms with E-state index in [0.29, 0.717) is 17.5 Å². The van der Waals surface area contributed by atoms with Gasteiger partial charge in [-0.05, 0) is 26.7 Å². The van der Waals surface area contributed by atoms with Gasteiger partial charge in [0.25, 0.3) is 5.89 Å². The zero-order chi connectivity index (χ0) is 16.6. The van der Waals surface area contributed by atoms with Crippen LogP contribution in [-0.4, -0.2) is 25.7 Å². The lowest BCUT2D eigenvalue weighted by molar-refractivity contribution is -0.0292. The summed E-state index contributed by atoms with van der Waals surface area (Å²) in [7, 11) is 0. The van der Waals surface area contributed by atoms with E-state index in [1.807, 2.05) is 30.3 Å². The summed E-state index contributed by atoms with van der Waals surface area (Å²) in [5.41, 5.74) is 1.56. The molecule has 2 aromatic heterocycles. The highest BCUT2D eigenvalue weighted by molar-refractivity contribution is 5.58. The Morgan fingerprint density at radius 2 is 1.75 bits per heavy atom. The Hall–Kier alpha value is -2.60. The van der Waals surface area contributed by atoms with Crippen LogP contribution in [0, 0.1) is 0 Å². The second kappa shape index (κ2) is 5.79. The van der Waals surface area contributed by atoms with Gasteiger partial charge in [0, 0.05) is 18.0 Å². The van der Waals surface area contributed by atoms with Gasteiger partial charge in [-0.25, -0.2) is 9.97 Å². The summed E-state index contributed by atoms with van der Waals surface area (Å²) in [5, 5.41) is 4.04. The van der Waals surface area contributed by atoms with Crippen LogP contribution in [-0.2, 0) is 4.74 Å². The predicted octanol–water partition coefficient (Wildman–Crippen LogP) is 3.82. The van der Waals surface area contributed by atoms with Crippen molar-refractivity contribution in [2.45, 2.75) is 38.4 Å². The molecule has 0 radical (unpaired) electrons. The maximum Gasteiger partial charge on any atom is 0.256 e. The fourth-order valence-corrected chi connectivity index (χ4v) is 2.82. The molecular weight excluding hydrogens is 304 g/mol. The summed E-state index contributed by atoms with van der Waals surface area (Å²) in [6.07, 6.45) is 5.15. The predicted molar refractivity (Wildman–Crippen MR) is 87.9 cm³/mol. The molecule has 1 unspecified atom stereocenters. The van der Waals surface area contributed by atoms with Gasteiger partial charge in [0.05, 0.1) is 11.2 Å². The number of ether oxygens (including phenoxy) is 1. The molecule has 6 nitrogen and oxygen atoms in total. The number of nitrogens with zero attached hydrogens (tertiary/aromatic N) is 4. The van der Waals surface area contributed by atoms with Crippen molar-refractivity contribution in [1.82, 2.24) is 20.1 Å².